The summed E-state index contributed by atoms with van der Waals surface area (Å²) in [6, 6.07) is -0.410. The molecule has 60 valence electrons. The predicted octanol–water partition coefficient (Wildman–Crippen LogP) is 0.406. The molecule has 2 aliphatic heterocycles. The van der Waals surface area contributed by atoms with Crippen molar-refractivity contribution in [3.8, 4) is 0 Å². The van der Waals surface area contributed by atoms with Gasteiger partial charge in [0.15, 0.2) is 0 Å². The highest BCUT2D eigenvalue weighted by molar-refractivity contribution is 6.44. The summed E-state index contributed by atoms with van der Waals surface area (Å²) in [5.74, 6) is -0.783. The second kappa shape index (κ2) is 2.44. The zero-order valence-electron chi connectivity index (χ0n) is 6.31. The molecule has 0 aliphatic carbocycles. The number of fused-ring (bicyclic) bond motifs is 1. The van der Waals surface area contributed by atoms with Crippen LogP contribution in [0.1, 0.15) is 0 Å². The van der Waals surface area contributed by atoms with E-state index in [-0.39, 0.29) is 5.78 Å². The van der Waals surface area contributed by atoms with E-state index in [1.807, 2.05) is 6.08 Å². The summed E-state index contributed by atoms with van der Waals surface area (Å²) in [5, 5.41) is 0. The van der Waals surface area contributed by atoms with Crippen LogP contribution in [0.4, 0.5) is 0 Å². The van der Waals surface area contributed by atoms with Crippen LogP contribution in [0, 0.1) is 0 Å². The third-order valence-electron chi connectivity index (χ3n) is 1.89. The Balaban J connectivity index is 2.39. The molecule has 0 saturated carbocycles. The molecule has 0 N–H and O–H groups in total. The van der Waals surface area contributed by atoms with E-state index in [4.69, 9.17) is 0 Å². The van der Waals surface area contributed by atoms with E-state index >= 15 is 0 Å². The zero-order valence-corrected chi connectivity index (χ0v) is 6.31. The SMILES string of the molecule is O=C1C=CN2C=CC=CC2C1=O. The first kappa shape index (κ1) is 7.03. The van der Waals surface area contributed by atoms with Gasteiger partial charge in [0.25, 0.3) is 0 Å². The van der Waals surface area contributed by atoms with Gasteiger partial charge in [-0.15, -0.1) is 0 Å². The molecule has 0 saturated heterocycles. The Kier molecular flexibility index (Phi) is 1.43. The zero-order chi connectivity index (χ0) is 8.55. The summed E-state index contributed by atoms with van der Waals surface area (Å²) in [5.41, 5.74) is 0. The number of hydrogen-bond donors (Lipinski definition) is 0. The lowest BCUT2D eigenvalue weighted by molar-refractivity contribution is -0.136. The van der Waals surface area contributed by atoms with Gasteiger partial charge < -0.3 is 4.90 Å². The van der Waals surface area contributed by atoms with Crippen LogP contribution in [-0.4, -0.2) is 22.5 Å². The van der Waals surface area contributed by atoms with Crippen LogP contribution < -0.4 is 0 Å². The van der Waals surface area contributed by atoms with Crippen LogP contribution in [0.2, 0.25) is 0 Å². The summed E-state index contributed by atoms with van der Waals surface area (Å²) in [4.78, 5) is 23.9. The number of allylic oxidation sites excluding steroid dienone is 3. The van der Waals surface area contributed by atoms with E-state index in [0.29, 0.717) is 0 Å². The van der Waals surface area contributed by atoms with Crippen molar-refractivity contribution >= 4 is 11.6 Å². The second-order valence-electron chi connectivity index (χ2n) is 2.66. The van der Waals surface area contributed by atoms with Gasteiger partial charge in [0.1, 0.15) is 6.04 Å². The molecule has 2 rings (SSSR count). The van der Waals surface area contributed by atoms with E-state index in [9.17, 15) is 9.59 Å². The van der Waals surface area contributed by atoms with Gasteiger partial charge in [0, 0.05) is 18.5 Å². The third-order valence-corrected chi connectivity index (χ3v) is 1.89. The number of rotatable bonds is 0. The Morgan fingerprint density at radius 1 is 1.17 bits per heavy atom. The quantitative estimate of drug-likeness (QED) is 0.483. The Morgan fingerprint density at radius 2 is 2.00 bits per heavy atom. The third kappa shape index (κ3) is 0.906. The summed E-state index contributed by atoms with van der Waals surface area (Å²) in [6.45, 7) is 0. The molecule has 0 spiro atoms. The van der Waals surface area contributed by atoms with Crippen molar-refractivity contribution in [1.82, 2.24) is 4.90 Å². The van der Waals surface area contributed by atoms with Gasteiger partial charge in [0.2, 0.25) is 11.6 Å². The van der Waals surface area contributed by atoms with Crippen LogP contribution >= 0.6 is 0 Å². The molecule has 0 aromatic rings. The normalized spacial score (nSPS) is 26.3. The van der Waals surface area contributed by atoms with Crippen LogP contribution in [-0.2, 0) is 9.59 Å². The van der Waals surface area contributed by atoms with E-state index in [2.05, 4.69) is 0 Å². The average molecular weight is 161 g/mol. The van der Waals surface area contributed by atoms with Crippen LogP contribution in [0.25, 0.3) is 0 Å². The maximum absolute atomic E-state index is 11.2. The molecule has 0 fully saturated rings. The second-order valence-corrected chi connectivity index (χ2v) is 2.66. The molecule has 0 aromatic carbocycles. The summed E-state index contributed by atoms with van der Waals surface area (Å²) in [6.07, 6.45) is 9.99. The smallest absolute Gasteiger partial charge is 0.229 e. The fourth-order valence-corrected chi connectivity index (χ4v) is 1.26. The molecule has 0 radical (unpaired) electrons. The molecule has 3 nitrogen and oxygen atoms in total. The highest BCUT2D eigenvalue weighted by Gasteiger charge is 2.29. The molecular weight excluding hydrogens is 154 g/mol. The van der Waals surface area contributed by atoms with Gasteiger partial charge in [-0.25, -0.2) is 0 Å². The number of hydrogen-bond acceptors (Lipinski definition) is 3. The molecule has 1 unspecified atom stereocenters. The highest BCUT2D eigenvalue weighted by Crippen LogP contribution is 2.14. The van der Waals surface area contributed by atoms with E-state index in [1.165, 1.54) is 6.08 Å². The lowest BCUT2D eigenvalue weighted by atomic mass is 10.0. The minimum atomic E-state index is -0.420. The fourth-order valence-electron chi connectivity index (χ4n) is 1.26. The first-order valence-corrected chi connectivity index (χ1v) is 3.68. The highest BCUT2D eigenvalue weighted by atomic mass is 16.2. The molecule has 3 heteroatoms. The first-order chi connectivity index (χ1) is 5.79. The summed E-state index contributed by atoms with van der Waals surface area (Å²) in [7, 11) is 0. The molecule has 0 aromatic heterocycles. The van der Waals surface area contributed by atoms with Gasteiger partial charge >= 0.3 is 0 Å². The lowest BCUT2D eigenvalue weighted by Crippen LogP contribution is -2.40. The standard InChI is InChI=1S/C9H7NO2/c11-8-4-6-10-5-2-1-3-7(10)9(8)12/h1-7H. The lowest BCUT2D eigenvalue weighted by Gasteiger charge is -2.27. The molecule has 12 heavy (non-hydrogen) atoms. The van der Waals surface area contributed by atoms with Crippen LogP contribution in [0.3, 0.4) is 0 Å². The molecule has 2 aliphatic rings. The molecule has 1 atom stereocenters. The van der Waals surface area contributed by atoms with Crippen LogP contribution in [0.5, 0.6) is 0 Å². The van der Waals surface area contributed by atoms with Crippen molar-refractivity contribution in [2.45, 2.75) is 6.04 Å². The van der Waals surface area contributed by atoms with Crippen molar-refractivity contribution in [1.29, 1.82) is 0 Å². The number of carbonyl (C=O) groups is 2. The molecule has 0 amide bonds. The van der Waals surface area contributed by atoms with Gasteiger partial charge in [-0.05, 0) is 6.08 Å². The Hall–Kier alpha value is -1.64. The Bertz CT molecular complexity index is 325. The van der Waals surface area contributed by atoms with Crippen molar-refractivity contribution in [2.24, 2.45) is 0 Å². The number of nitrogens with zero attached hydrogens (tertiary/aromatic N) is 1. The maximum Gasteiger partial charge on any atom is 0.229 e. The predicted molar refractivity (Wildman–Crippen MR) is 43.1 cm³/mol. The first-order valence-electron chi connectivity index (χ1n) is 3.68. The molecular formula is C9H7NO2. The Morgan fingerprint density at radius 3 is 2.83 bits per heavy atom. The largest absolute Gasteiger partial charge is 0.340 e. The summed E-state index contributed by atoms with van der Waals surface area (Å²) < 4.78 is 0. The van der Waals surface area contributed by atoms with Crippen molar-refractivity contribution in [3.63, 3.8) is 0 Å². The van der Waals surface area contributed by atoms with E-state index in [1.54, 1.807) is 29.5 Å². The van der Waals surface area contributed by atoms with Crippen LogP contribution in [0.15, 0.2) is 36.7 Å². The average Bonchev–Trinajstić information content (AvgIpc) is 2.12. The van der Waals surface area contributed by atoms with Gasteiger partial charge in [0.05, 0.1) is 0 Å². The number of Topliss-reactive ketones (excluding diaryl/α,β-unsaturated/α-hetero) is 1. The van der Waals surface area contributed by atoms with Crippen molar-refractivity contribution < 1.29 is 9.59 Å². The van der Waals surface area contributed by atoms with Gasteiger partial charge in [-0.2, -0.15) is 0 Å². The van der Waals surface area contributed by atoms with Crippen molar-refractivity contribution in [3.05, 3.63) is 36.7 Å². The van der Waals surface area contributed by atoms with Gasteiger partial charge in [-0.3, -0.25) is 9.59 Å². The van der Waals surface area contributed by atoms with Crippen molar-refractivity contribution in [2.75, 3.05) is 0 Å². The number of ketones is 2. The maximum atomic E-state index is 11.2. The van der Waals surface area contributed by atoms with E-state index in [0.717, 1.165) is 0 Å². The van der Waals surface area contributed by atoms with Gasteiger partial charge in [-0.1, -0.05) is 12.2 Å². The Labute approximate surface area is 69.7 Å². The number of carbonyl (C=O) groups excluding carboxylic acids is 2. The molecule has 0 bridgehead atoms. The van der Waals surface area contributed by atoms with E-state index < -0.39 is 11.8 Å². The fraction of sp³-hybridized carbons (Fsp3) is 0.111. The topological polar surface area (TPSA) is 37.4 Å². The molecule has 2 heterocycles. The monoisotopic (exact) mass is 161 g/mol. The minimum Gasteiger partial charge on any atom is -0.340 e. The summed E-state index contributed by atoms with van der Waals surface area (Å²) >= 11 is 0. The minimum absolute atomic E-state index is 0.363.